The highest BCUT2D eigenvalue weighted by Gasteiger charge is 2.50. The van der Waals surface area contributed by atoms with Gasteiger partial charge < -0.3 is 35.8 Å². The molecule has 0 spiro atoms. The maximum absolute atomic E-state index is 13.3. The molecule has 6 aliphatic rings. The smallest absolute Gasteiger partial charge is 0.260 e. The number of likely N-dealkylation sites (N-methyl/N-ethyl adjacent to an activating group) is 1. The third-order valence-electron chi connectivity index (χ3n) is 11.5. The number of aromatic nitrogens is 4. The summed E-state index contributed by atoms with van der Waals surface area (Å²) in [7, 11) is 1.48. The van der Waals surface area contributed by atoms with Gasteiger partial charge in [0.1, 0.15) is 18.2 Å². The van der Waals surface area contributed by atoms with Crippen LogP contribution in [-0.2, 0) is 20.9 Å². The van der Waals surface area contributed by atoms with Crippen molar-refractivity contribution in [3.63, 3.8) is 0 Å². The first kappa shape index (κ1) is 32.6. The van der Waals surface area contributed by atoms with E-state index in [1.807, 2.05) is 4.90 Å². The van der Waals surface area contributed by atoms with Crippen LogP contribution in [0.3, 0.4) is 0 Å². The van der Waals surface area contributed by atoms with Crippen molar-refractivity contribution in [1.29, 1.82) is 0 Å². The number of aliphatic hydroxyl groups is 1. The van der Waals surface area contributed by atoms with Gasteiger partial charge in [0.05, 0.1) is 12.4 Å². The molecule has 5 N–H and O–H groups in total. The molecule has 6 fully saturated rings. The summed E-state index contributed by atoms with van der Waals surface area (Å²) < 4.78 is 13.5. The van der Waals surface area contributed by atoms with Crippen molar-refractivity contribution in [2.75, 3.05) is 45.2 Å². The number of hydrogen-bond donors (Lipinski definition) is 4. The number of nitrogens with one attached hydrogen (secondary N) is 2. The average Bonchev–Trinajstić information content (AvgIpc) is 3.66. The molecule has 1 aromatic carbocycles. The van der Waals surface area contributed by atoms with Gasteiger partial charge in [-0.25, -0.2) is 15.0 Å². The molecule has 14 nitrogen and oxygen atoms in total. The number of carbonyl (C=O) groups is 2. The van der Waals surface area contributed by atoms with Crippen LogP contribution < -0.4 is 21.1 Å². The van der Waals surface area contributed by atoms with Gasteiger partial charge in [-0.1, -0.05) is 11.6 Å². The number of piperazine rings is 1. The second kappa shape index (κ2) is 13.3. The van der Waals surface area contributed by atoms with Gasteiger partial charge in [0, 0.05) is 56.4 Å². The number of amides is 2. The monoisotopic (exact) mass is 693 g/mol. The number of aliphatic hydroxyl groups excluding tert-OH is 1. The molecule has 0 radical (unpaired) electrons. The Labute approximate surface area is 289 Å². The zero-order chi connectivity index (χ0) is 33.8. The predicted molar refractivity (Wildman–Crippen MR) is 181 cm³/mol. The van der Waals surface area contributed by atoms with Crippen LogP contribution in [0.1, 0.15) is 43.9 Å². The van der Waals surface area contributed by atoms with Crippen molar-refractivity contribution >= 4 is 40.4 Å². The van der Waals surface area contributed by atoms with Crippen molar-refractivity contribution in [1.82, 2.24) is 34.6 Å². The minimum absolute atomic E-state index is 0.0173. The molecular weight excluding hydrogens is 650 g/mol. The molecule has 2 aliphatic heterocycles. The SMILES string of the molecule is CNC(=O)[C@H]1O[C@@H](n2cnc3c(NCc4cc(Cl)ccc4OCC(=O)N4CCN(C5C6CC7CC(C6)CC5C7)CC4)ncnc32)[C@H](O)[C@@H]1N. The molecule has 4 aliphatic carbocycles. The van der Waals surface area contributed by atoms with Crippen molar-refractivity contribution in [3.05, 3.63) is 41.4 Å². The molecule has 2 amide bonds. The van der Waals surface area contributed by atoms with E-state index < -0.39 is 30.4 Å². The maximum Gasteiger partial charge on any atom is 0.260 e. The van der Waals surface area contributed by atoms with Crippen LogP contribution in [0.15, 0.2) is 30.9 Å². The Kier molecular flexibility index (Phi) is 8.85. The van der Waals surface area contributed by atoms with E-state index in [4.69, 9.17) is 26.8 Å². The zero-order valence-electron chi connectivity index (χ0n) is 27.6. The highest BCUT2D eigenvalue weighted by Crippen LogP contribution is 2.55. The molecule has 0 unspecified atom stereocenters. The minimum Gasteiger partial charge on any atom is -0.483 e. The summed E-state index contributed by atoms with van der Waals surface area (Å²) in [5.74, 6) is 4.16. The molecule has 4 atom stereocenters. The topological polar surface area (TPSA) is 173 Å². The lowest BCUT2D eigenvalue weighted by Gasteiger charge is -2.58. The number of hydrogen-bond acceptors (Lipinski definition) is 11. The van der Waals surface area contributed by atoms with Crippen LogP contribution in [0.4, 0.5) is 5.82 Å². The van der Waals surface area contributed by atoms with Crippen molar-refractivity contribution in [2.24, 2.45) is 29.4 Å². The summed E-state index contributed by atoms with van der Waals surface area (Å²) in [5.41, 5.74) is 7.65. The van der Waals surface area contributed by atoms with Gasteiger partial charge in [0.15, 0.2) is 35.9 Å². The van der Waals surface area contributed by atoms with E-state index in [0.717, 1.165) is 55.4 Å². The third-order valence-corrected chi connectivity index (χ3v) is 11.8. The van der Waals surface area contributed by atoms with Crippen LogP contribution in [-0.4, -0.2) is 110 Å². The number of anilines is 1. The van der Waals surface area contributed by atoms with E-state index in [1.165, 1.54) is 56.4 Å². The Morgan fingerprint density at radius 1 is 1.06 bits per heavy atom. The molecule has 4 saturated carbocycles. The van der Waals surface area contributed by atoms with E-state index in [1.54, 1.807) is 18.2 Å². The fourth-order valence-electron chi connectivity index (χ4n) is 9.47. The van der Waals surface area contributed by atoms with Gasteiger partial charge in [-0.15, -0.1) is 0 Å². The van der Waals surface area contributed by atoms with Crippen LogP contribution in [0.25, 0.3) is 11.2 Å². The highest BCUT2D eigenvalue weighted by molar-refractivity contribution is 6.30. The first-order valence-corrected chi connectivity index (χ1v) is 17.8. The molecule has 15 heteroatoms. The lowest BCUT2D eigenvalue weighted by molar-refractivity contribution is -0.137. The van der Waals surface area contributed by atoms with Crippen molar-refractivity contribution in [2.45, 2.75) is 69.2 Å². The molecule has 4 heterocycles. The summed E-state index contributed by atoms with van der Waals surface area (Å²) in [6.45, 7) is 3.56. The summed E-state index contributed by atoms with van der Waals surface area (Å²) in [4.78, 5) is 43.3. The molecule has 3 aromatic rings. The Morgan fingerprint density at radius 2 is 1.80 bits per heavy atom. The average molecular weight is 694 g/mol. The third kappa shape index (κ3) is 6.11. The largest absolute Gasteiger partial charge is 0.483 e. The summed E-state index contributed by atoms with van der Waals surface area (Å²) >= 11 is 6.37. The van der Waals surface area contributed by atoms with Gasteiger partial charge in [0.2, 0.25) is 0 Å². The zero-order valence-corrected chi connectivity index (χ0v) is 28.3. The van der Waals surface area contributed by atoms with Gasteiger partial charge in [-0.05, 0) is 74.0 Å². The number of nitrogens with zero attached hydrogens (tertiary/aromatic N) is 6. The number of imidazole rings is 1. The van der Waals surface area contributed by atoms with Crippen LogP contribution in [0, 0.1) is 23.7 Å². The number of carbonyl (C=O) groups excluding carboxylic acids is 2. The Bertz CT molecular complexity index is 1690. The van der Waals surface area contributed by atoms with E-state index in [0.29, 0.717) is 33.8 Å². The number of nitrogens with two attached hydrogens (primary N) is 1. The highest BCUT2D eigenvalue weighted by atomic mass is 35.5. The number of rotatable bonds is 9. The molecule has 262 valence electrons. The van der Waals surface area contributed by atoms with E-state index in [9.17, 15) is 14.7 Å². The number of benzene rings is 1. The summed E-state index contributed by atoms with van der Waals surface area (Å²) in [6.07, 6.45) is 6.79. The normalized spacial score (nSPS) is 32.5. The van der Waals surface area contributed by atoms with E-state index in [-0.39, 0.29) is 19.1 Å². The predicted octanol–water partition coefficient (Wildman–Crippen LogP) is 1.77. The van der Waals surface area contributed by atoms with Gasteiger partial charge in [-0.3, -0.25) is 19.1 Å². The van der Waals surface area contributed by atoms with E-state index >= 15 is 0 Å². The Morgan fingerprint density at radius 3 is 2.51 bits per heavy atom. The molecule has 2 aromatic heterocycles. The maximum atomic E-state index is 13.3. The summed E-state index contributed by atoms with van der Waals surface area (Å²) in [6, 6.07) is 5.08. The minimum atomic E-state index is -1.16. The Hall–Kier alpha value is -3.56. The first-order valence-electron chi connectivity index (χ1n) is 17.4. The van der Waals surface area contributed by atoms with Gasteiger partial charge >= 0.3 is 0 Å². The van der Waals surface area contributed by atoms with Crippen LogP contribution in [0.5, 0.6) is 5.75 Å². The van der Waals surface area contributed by atoms with Gasteiger partial charge in [0.25, 0.3) is 11.8 Å². The van der Waals surface area contributed by atoms with Crippen LogP contribution in [0.2, 0.25) is 5.02 Å². The quantitative estimate of drug-likeness (QED) is 0.257. The van der Waals surface area contributed by atoms with Crippen LogP contribution >= 0.6 is 11.6 Å². The second-order valence-electron chi connectivity index (χ2n) is 14.4. The summed E-state index contributed by atoms with van der Waals surface area (Å²) in [5, 5.41) is 17.1. The number of fused-ring (bicyclic) bond motifs is 1. The molecule has 2 saturated heterocycles. The number of halogens is 1. The molecular formula is C34H44ClN9O5. The second-order valence-corrected chi connectivity index (χ2v) is 14.8. The molecule has 49 heavy (non-hydrogen) atoms. The fraction of sp³-hybridized carbons (Fsp3) is 0.618. The Balaban J connectivity index is 0.888. The lowest BCUT2D eigenvalue weighted by Crippen LogP contribution is -2.60. The first-order chi connectivity index (χ1) is 23.8. The number of ether oxygens (including phenoxy) is 2. The molecule has 9 rings (SSSR count). The fourth-order valence-corrected chi connectivity index (χ4v) is 9.66. The van der Waals surface area contributed by atoms with Gasteiger partial charge in [-0.2, -0.15) is 0 Å². The lowest BCUT2D eigenvalue weighted by atomic mass is 9.54. The van der Waals surface area contributed by atoms with Crippen molar-refractivity contribution < 1.29 is 24.2 Å². The van der Waals surface area contributed by atoms with Crippen molar-refractivity contribution in [3.8, 4) is 5.75 Å². The standard InChI is InChI=1S/C34H44ClN9O5/c1-37-33(47)30-26(36)29(46)34(49-30)44-17-41-27-31(39-16-40-32(27)44)38-14-22-13-23(35)2-3-24(22)48-15-25(45)42-4-6-43(7-5-42)28-20-9-18-8-19(11-20)12-21(28)10-18/h2-3,13,16-21,26,28-30,34,46H,4-12,14-15,36H2,1H3,(H,37,47)(H,38,39,40)/t18?,19?,20?,21?,26-,28?,29+,30-,34+/m0/s1. The van der Waals surface area contributed by atoms with E-state index in [2.05, 4.69) is 30.5 Å². The molecule has 4 bridgehead atoms.